The minimum Gasteiger partial charge on any atom is -0.396 e. The van der Waals surface area contributed by atoms with Gasteiger partial charge in [-0.1, -0.05) is 37.3 Å². The summed E-state index contributed by atoms with van der Waals surface area (Å²) >= 11 is 0. The van der Waals surface area contributed by atoms with Crippen LogP contribution in [0, 0.1) is 5.41 Å². The van der Waals surface area contributed by atoms with Gasteiger partial charge >= 0.3 is 0 Å². The van der Waals surface area contributed by atoms with Crippen LogP contribution in [0.5, 0.6) is 0 Å². The van der Waals surface area contributed by atoms with Crippen molar-refractivity contribution in [1.82, 2.24) is 0 Å². The molecule has 3 N–H and O–H groups in total. The summed E-state index contributed by atoms with van der Waals surface area (Å²) in [6.45, 7) is 2.88. The Morgan fingerprint density at radius 3 is 2.44 bits per heavy atom. The van der Waals surface area contributed by atoms with Crippen molar-refractivity contribution in [2.45, 2.75) is 32.6 Å². The van der Waals surface area contributed by atoms with Crippen molar-refractivity contribution in [2.75, 3.05) is 13.2 Å². The third-order valence-corrected chi connectivity index (χ3v) is 3.53. The molecule has 0 aliphatic rings. The zero-order chi connectivity index (χ0) is 11.9. The van der Waals surface area contributed by atoms with Gasteiger partial charge in [0.2, 0.25) is 0 Å². The molecule has 0 saturated heterocycles. The third kappa shape index (κ3) is 3.62. The predicted molar refractivity (Wildman–Crippen MR) is 68.2 cm³/mol. The van der Waals surface area contributed by atoms with Crippen LogP contribution in [-0.4, -0.2) is 18.3 Å². The van der Waals surface area contributed by atoms with Gasteiger partial charge in [0.25, 0.3) is 0 Å². The van der Waals surface area contributed by atoms with Crippen LogP contribution < -0.4 is 5.73 Å². The molecule has 0 aliphatic heterocycles. The molecule has 1 aromatic carbocycles. The maximum Gasteiger partial charge on any atom is 0.0499 e. The van der Waals surface area contributed by atoms with Crippen LogP contribution in [0.3, 0.4) is 0 Å². The van der Waals surface area contributed by atoms with E-state index < -0.39 is 0 Å². The van der Waals surface area contributed by atoms with Crippen LogP contribution in [0.1, 0.15) is 31.7 Å². The Morgan fingerprint density at radius 2 is 1.94 bits per heavy atom. The van der Waals surface area contributed by atoms with E-state index in [1.54, 1.807) is 0 Å². The molecule has 0 heterocycles. The molecule has 0 amide bonds. The summed E-state index contributed by atoms with van der Waals surface area (Å²) in [5.41, 5.74) is 7.05. The normalized spacial score (nSPS) is 14.7. The summed E-state index contributed by atoms with van der Waals surface area (Å²) in [5.74, 6) is 0. The fourth-order valence-electron chi connectivity index (χ4n) is 1.99. The van der Waals surface area contributed by atoms with Crippen molar-refractivity contribution < 1.29 is 5.11 Å². The molecule has 1 unspecified atom stereocenters. The zero-order valence-electron chi connectivity index (χ0n) is 10.2. The van der Waals surface area contributed by atoms with Crippen molar-refractivity contribution in [1.29, 1.82) is 0 Å². The van der Waals surface area contributed by atoms with Crippen LogP contribution in [0.15, 0.2) is 30.3 Å². The average molecular weight is 221 g/mol. The summed E-state index contributed by atoms with van der Waals surface area (Å²) in [7, 11) is 0. The minimum absolute atomic E-state index is 0.0607. The van der Waals surface area contributed by atoms with Crippen LogP contribution in [0.2, 0.25) is 0 Å². The lowest BCUT2D eigenvalue weighted by Gasteiger charge is -2.29. The summed E-state index contributed by atoms with van der Waals surface area (Å²) < 4.78 is 0. The Kier molecular flexibility index (Phi) is 5.50. The molecule has 2 heteroatoms. The molecule has 0 aliphatic carbocycles. The average Bonchev–Trinajstić information content (AvgIpc) is 2.37. The number of hydrogen-bond donors (Lipinski definition) is 2. The lowest BCUT2D eigenvalue weighted by atomic mass is 9.81. The summed E-state index contributed by atoms with van der Waals surface area (Å²) in [4.78, 5) is 0. The van der Waals surface area contributed by atoms with E-state index in [-0.39, 0.29) is 12.0 Å². The largest absolute Gasteiger partial charge is 0.396 e. The van der Waals surface area contributed by atoms with E-state index in [9.17, 15) is 5.11 Å². The molecule has 0 radical (unpaired) electrons. The highest BCUT2D eigenvalue weighted by atomic mass is 16.3. The molecule has 16 heavy (non-hydrogen) atoms. The maximum atomic E-state index is 9.39. The first-order valence-corrected chi connectivity index (χ1v) is 6.11. The molecular weight excluding hydrogens is 198 g/mol. The summed E-state index contributed by atoms with van der Waals surface area (Å²) in [6.07, 6.45) is 4.12. The zero-order valence-corrected chi connectivity index (χ0v) is 10.2. The van der Waals surface area contributed by atoms with Gasteiger partial charge in [-0.2, -0.15) is 0 Å². The fourth-order valence-corrected chi connectivity index (χ4v) is 1.99. The molecule has 0 spiro atoms. The SMILES string of the molecule is CCC(CN)(CO)CCCc1ccccc1. The molecule has 1 atom stereocenters. The van der Waals surface area contributed by atoms with E-state index in [0.717, 1.165) is 25.7 Å². The first-order chi connectivity index (χ1) is 7.76. The molecule has 90 valence electrons. The number of aliphatic hydroxyl groups is 1. The quantitative estimate of drug-likeness (QED) is 0.742. The molecule has 2 nitrogen and oxygen atoms in total. The van der Waals surface area contributed by atoms with Crippen LogP contribution in [0.4, 0.5) is 0 Å². The minimum atomic E-state index is -0.0607. The van der Waals surface area contributed by atoms with E-state index in [0.29, 0.717) is 6.54 Å². The number of aryl methyl sites for hydroxylation is 1. The van der Waals surface area contributed by atoms with Gasteiger partial charge in [0.15, 0.2) is 0 Å². The molecule has 0 saturated carbocycles. The number of hydrogen-bond acceptors (Lipinski definition) is 2. The van der Waals surface area contributed by atoms with Gasteiger partial charge in [-0.05, 0) is 31.2 Å². The van der Waals surface area contributed by atoms with E-state index in [1.165, 1.54) is 5.56 Å². The number of aliphatic hydroxyl groups excluding tert-OH is 1. The van der Waals surface area contributed by atoms with Crippen molar-refractivity contribution in [3.63, 3.8) is 0 Å². The lowest BCUT2D eigenvalue weighted by Crippen LogP contribution is -2.33. The van der Waals surface area contributed by atoms with Crippen molar-refractivity contribution >= 4 is 0 Å². The van der Waals surface area contributed by atoms with Crippen molar-refractivity contribution in [2.24, 2.45) is 11.1 Å². The monoisotopic (exact) mass is 221 g/mol. The summed E-state index contributed by atoms with van der Waals surface area (Å²) in [5, 5.41) is 9.39. The van der Waals surface area contributed by atoms with Gasteiger partial charge in [0.1, 0.15) is 0 Å². The Balaban J connectivity index is 2.39. The summed E-state index contributed by atoms with van der Waals surface area (Å²) in [6, 6.07) is 10.5. The topological polar surface area (TPSA) is 46.2 Å². The van der Waals surface area contributed by atoms with Gasteiger partial charge in [-0.25, -0.2) is 0 Å². The van der Waals surface area contributed by atoms with Crippen LogP contribution in [0.25, 0.3) is 0 Å². The number of nitrogens with two attached hydrogens (primary N) is 1. The first-order valence-electron chi connectivity index (χ1n) is 6.11. The second-order valence-corrected chi connectivity index (χ2v) is 4.55. The van der Waals surface area contributed by atoms with Crippen molar-refractivity contribution in [3.8, 4) is 0 Å². The van der Waals surface area contributed by atoms with Gasteiger partial charge in [0.05, 0.1) is 0 Å². The Bertz CT molecular complexity index is 272. The third-order valence-electron chi connectivity index (χ3n) is 3.53. The highest BCUT2D eigenvalue weighted by Gasteiger charge is 2.24. The standard InChI is InChI=1S/C14H23NO/c1-2-14(11-15,12-16)10-6-9-13-7-4-3-5-8-13/h3-5,7-8,16H,2,6,9-12,15H2,1H3. The van der Waals surface area contributed by atoms with Gasteiger partial charge in [-0.3, -0.25) is 0 Å². The molecular formula is C14H23NO. The van der Waals surface area contributed by atoms with E-state index in [2.05, 4.69) is 31.2 Å². The molecule has 0 fully saturated rings. The van der Waals surface area contributed by atoms with E-state index in [1.807, 2.05) is 6.07 Å². The van der Waals surface area contributed by atoms with Gasteiger partial charge in [0, 0.05) is 18.6 Å². The maximum absolute atomic E-state index is 9.39. The van der Waals surface area contributed by atoms with Gasteiger partial charge < -0.3 is 10.8 Å². The second kappa shape index (κ2) is 6.66. The molecule has 0 aromatic heterocycles. The molecule has 0 bridgehead atoms. The Hall–Kier alpha value is -0.860. The van der Waals surface area contributed by atoms with Crippen LogP contribution in [-0.2, 0) is 6.42 Å². The predicted octanol–water partition coefficient (Wildman–Crippen LogP) is 2.36. The second-order valence-electron chi connectivity index (χ2n) is 4.55. The van der Waals surface area contributed by atoms with Crippen molar-refractivity contribution in [3.05, 3.63) is 35.9 Å². The van der Waals surface area contributed by atoms with Gasteiger partial charge in [-0.15, -0.1) is 0 Å². The molecule has 1 aromatic rings. The smallest absolute Gasteiger partial charge is 0.0499 e. The Morgan fingerprint density at radius 1 is 1.25 bits per heavy atom. The highest BCUT2D eigenvalue weighted by Crippen LogP contribution is 2.26. The first kappa shape index (κ1) is 13.2. The van der Waals surface area contributed by atoms with Crippen LogP contribution >= 0.6 is 0 Å². The van der Waals surface area contributed by atoms with E-state index in [4.69, 9.17) is 5.73 Å². The highest BCUT2D eigenvalue weighted by molar-refractivity contribution is 5.14. The number of rotatable bonds is 7. The van der Waals surface area contributed by atoms with E-state index >= 15 is 0 Å². The fraction of sp³-hybridized carbons (Fsp3) is 0.571. The number of benzene rings is 1. The molecule has 1 rings (SSSR count). The Labute approximate surface area is 98.5 Å². The lowest BCUT2D eigenvalue weighted by molar-refractivity contribution is 0.115.